The number of nitrogens with one attached hydrogen (secondary N) is 1. The number of piperidine rings is 1. The van der Waals surface area contributed by atoms with Crippen molar-refractivity contribution < 1.29 is 9.53 Å². The number of ether oxygens (including phenoxy) is 1. The molecule has 1 N–H and O–H groups in total. The van der Waals surface area contributed by atoms with Gasteiger partial charge in [-0.2, -0.15) is 0 Å². The highest BCUT2D eigenvalue weighted by atomic mass is 16.5. The molecule has 29 heavy (non-hydrogen) atoms. The molecule has 0 spiro atoms. The first kappa shape index (κ1) is 19.6. The van der Waals surface area contributed by atoms with E-state index in [0.29, 0.717) is 24.4 Å². The fraction of sp³-hybridized carbons (Fsp3) is 0.435. The molecule has 152 valence electrons. The summed E-state index contributed by atoms with van der Waals surface area (Å²) in [7, 11) is 0. The Hall–Kier alpha value is -2.73. The lowest BCUT2D eigenvalue weighted by Crippen LogP contribution is -2.47. The first-order chi connectivity index (χ1) is 14.2. The van der Waals surface area contributed by atoms with E-state index in [1.54, 1.807) is 25.4 Å². The Kier molecular flexibility index (Phi) is 6.20. The number of rotatable bonds is 6. The van der Waals surface area contributed by atoms with E-state index in [9.17, 15) is 4.79 Å². The normalized spacial score (nSPS) is 20.0. The molecule has 1 aliphatic heterocycles. The summed E-state index contributed by atoms with van der Waals surface area (Å²) in [5.74, 6) is 0.410. The lowest BCUT2D eigenvalue weighted by molar-refractivity contribution is -0.137. The molecule has 1 saturated heterocycles. The van der Waals surface area contributed by atoms with Crippen molar-refractivity contribution in [3.8, 4) is 0 Å². The maximum Gasteiger partial charge on any atom is 0.330 e. The van der Waals surface area contributed by atoms with Crippen molar-refractivity contribution in [1.29, 1.82) is 0 Å². The van der Waals surface area contributed by atoms with Crippen LogP contribution < -0.4 is 5.32 Å². The lowest BCUT2D eigenvalue weighted by atomic mass is 10.0. The molecule has 6 nitrogen and oxygen atoms in total. The largest absolute Gasteiger partial charge is 0.463 e. The molecule has 0 radical (unpaired) electrons. The number of aromatic nitrogens is 2. The third kappa shape index (κ3) is 5.01. The summed E-state index contributed by atoms with van der Waals surface area (Å²) in [6, 6.07) is 9.81. The van der Waals surface area contributed by atoms with E-state index in [0.717, 1.165) is 31.6 Å². The number of carbonyl (C=O) groups excluding carboxylic acids is 1. The van der Waals surface area contributed by atoms with Crippen LogP contribution in [0.15, 0.2) is 42.7 Å². The molecule has 1 aromatic heterocycles. The number of nitrogens with zero attached hydrogens (tertiary/aromatic N) is 3. The van der Waals surface area contributed by atoms with Crippen molar-refractivity contribution in [2.24, 2.45) is 0 Å². The first-order valence-corrected chi connectivity index (χ1v) is 10.5. The second kappa shape index (κ2) is 9.18. The summed E-state index contributed by atoms with van der Waals surface area (Å²) < 4.78 is 4.87. The lowest BCUT2D eigenvalue weighted by Gasteiger charge is -2.37. The molecule has 0 unspecified atom stereocenters. The van der Waals surface area contributed by atoms with Crippen molar-refractivity contribution >= 4 is 17.9 Å². The quantitative estimate of drug-likeness (QED) is 0.602. The zero-order valence-corrected chi connectivity index (χ0v) is 16.9. The molecular formula is C23H28N4O2. The first-order valence-electron chi connectivity index (χ1n) is 10.5. The number of carbonyl (C=O) groups is 1. The van der Waals surface area contributed by atoms with E-state index in [1.165, 1.54) is 30.2 Å². The molecule has 6 heteroatoms. The molecule has 0 amide bonds. The van der Waals surface area contributed by atoms with E-state index in [4.69, 9.17) is 4.74 Å². The van der Waals surface area contributed by atoms with Gasteiger partial charge in [-0.25, -0.2) is 9.78 Å². The number of anilines is 1. The number of likely N-dealkylation sites (tertiary alicyclic amines) is 1. The summed E-state index contributed by atoms with van der Waals surface area (Å²) in [6.45, 7) is 4.35. The average molecular weight is 393 g/mol. The molecule has 1 atom stereocenters. The number of fused-ring (bicyclic) bond motifs is 1. The van der Waals surface area contributed by atoms with E-state index in [1.807, 2.05) is 0 Å². The van der Waals surface area contributed by atoms with Crippen molar-refractivity contribution in [2.45, 2.75) is 44.7 Å². The summed E-state index contributed by atoms with van der Waals surface area (Å²) in [4.78, 5) is 22.8. The van der Waals surface area contributed by atoms with Crippen LogP contribution >= 0.6 is 0 Å². The highest BCUT2D eigenvalue weighted by molar-refractivity contribution is 5.86. The summed E-state index contributed by atoms with van der Waals surface area (Å²) in [5.41, 5.74) is 3.65. The van der Waals surface area contributed by atoms with Gasteiger partial charge in [-0.15, -0.1) is 0 Å². The molecule has 2 aliphatic rings. The van der Waals surface area contributed by atoms with Crippen LogP contribution in [0.1, 0.15) is 36.6 Å². The van der Waals surface area contributed by atoms with Gasteiger partial charge in [-0.3, -0.25) is 9.88 Å². The molecule has 0 saturated carbocycles. The Bertz CT molecular complexity index is 840. The van der Waals surface area contributed by atoms with Gasteiger partial charge in [0.2, 0.25) is 0 Å². The Balaban J connectivity index is 1.31. The maximum atomic E-state index is 11.4. The predicted octanol–water partition coefficient (Wildman–Crippen LogP) is 3.10. The summed E-state index contributed by atoms with van der Waals surface area (Å²) in [6.07, 6.45) is 11.0. The summed E-state index contributed by atoms with van der Waals surface area (Å²) in [5, 5.41) is 3.54. The van der Waals surface area contributed by atoms with Gasteiger partial charge < -0.3 is 10.1 Å². The van der Waals surface area contributed by atoms with Gasteiger partial charge in [-0.1, -0.05) is 24.3 Å². The number of hydrogen-bond donors (Lipinski definition) is 1. The van der Waals surface area contributed by atoms with Gasteiger partial charge in [0.1, 0.15) is 5.82 Å². The van der Waals surface area contributed by atoms with Crippen LogP contribution in [0.5, 0.6) is 0 Å². The second-order valence-electron chi connectivity index (χ2n) is 7.72. The minimum absolute atomic E-state index is 0.364. The molecular weight excluding hydrogens is 364 g/mol. The predicted molar refractivity (Wildman–Crippen MR) is 114 cm³/mol. The standard InChI is InChI=1S/C23H28N4O2/c1-2-29-23(28)10-9-19-14-25-22(15-24-19)26-20-8-5-11-27(16-20)21-12-17-6-3-4-7-18(17)13-21/h3-4,6-7,9-10,14-15,20-21H,2,5,8,11-13,16H2,1H3,(H,25,26)/t20-/m1/s1. The Labute approximate surface area is 172 Å². The third-order valence-electron chi connectivity index (χ3n) is 5.70. The van der Waals surface area contributed by atoms with Crippen LogP contribution in [-0.2, 0) is 22.4 Å². The zero-order valence-electron chi connectivity index (χ0n) is 16.9. The van der Waals surface area contributed by atoms with Gasteiger partial charge in [-0.05, 0) is 56.4 Å². The van der Waals surface area contributed by atoms with E-state index in [2.05, 4.69) is 44.5 Å². The van der Waals surface area contributed by atoms with Crippen LogP contribution in [0, 0.1) is 0 Å². The smallest absolute Gasteiger partial charge is 0.330 e. The number of esters is 1. The van der Waals surface area contributed by atoms with E-state index < -0.39 is 0 Å². The van der Waals surface area contributed by atoms with Gasteiger partial charge >= 0.3 is 5.97 Å². The number of hydrogen-bond acceptors (Lipinski definition) is 6. The topological polar surface area (TPSA) is 67.3 Å². The SMILES string of the molecule is CCOC(=O)C=Cc1cnc(N[C@@H]2CCCN(C3Cc4ccccc4C3)C2)cn1. The van der Waals surface area contributed by atoms with Gasteiger partial charge in [0.05, 0.1) is 24.7 Å². The van der Waals surface area contributed by atoms with Gasteiger partial charge in [0.25, 0.3) is 0 Å². The minimum atomic E-state index is -0.368. The molecule has 1 aliphatic carbocycles. The van der Waals surface area contributed by atoms with Crippen LogP contribution in [0.3, 0.4) is 0 Å². The molecule has 2 heterocycles. The fourth-order valence-corrected chi connectivity index (χ4v) is 4.30. The third-order valence-corrected chi connectivity index (χ3v) is 5.70. The summed E-state index contributed by atoms with van der Waals surface area (Å²) >= 11 is 0. The highest BCUT2D eigenvalue weighted by Crippen LogP contribution is 2.27. The Morgan fingerprint density at radius 3 is 2.72 bits per heavy atom. The van der Waals surface area contributed by atoms with Crippen molar-refractivity contribution in [2.75, 3.05) is 25.0 Å². The number of benzene rings is 1. The monoisotopic (exact) mass is 392 g/mol. The van der Waals surface area contributed by atoms with E-state index >= 15 is 0 Å². The van der Waals surface area contributed by atoms with Crippen LogP contribution in [0.2, 0.25) is 0 Å². The van der Waals surface area contributed by atoms with Crippen molar-refractivity contribution in [3.63, 3.8) is 0 Å². The average Bonchev–Trinajstić information content (AvgIpc) is 3.18. The highest BCUT2D eigenvalue weighted by Gasteiger charge is 2.30. The molecule has 0 bridgehead atoms. The molecule has 1 fully saturated rings. The zero-order chi connectivity index (χ0) is 20.1. The van der Waals surface area contributed by atoms with Crippen molar-refractivity contribution in [3.05, 3.63) is 59.6 Å². The Morgan fingerprint density at radius 2 is 2.03 bits per heavy atom. The van der Waals surface area contributed by atoms with E-state index in [-0.39, 0.29) is 5.97 Å². The van der Waals surface area contributed by atoms with Crippen LogP contribution in [0.25, 0.3) is 6.08 Å². The Morgan fingerprint density at radius 1 is 1.24 bits per heavy atom. The van der Waals surface area contributed by atoms with Crippen LogP contribution in [0.4, 0.5) is 5.82 Å². The minimum Gasteiger partial charge on any atom is -0.463 e. The molecule has 4 rings (SSSR count). The van der Waals surface area contributed by atoms with Crippen LogP contribution in [-0.4, -0.2) is 52.6 Å². The molecule has 2 aromatic rings. The van der Waals surface area contributed by atoms with Gasteiger partial charge in [0, 0.05) is 24.7 Å². The fourth-order valence-electron chi connectivity index (χ4n) is 4.30. The van der Waals surface area contributed by atoms with Gasteiger partial charge in [0.15, 0.2) is 0 Å². The maximum absolute atomic E-state index is 11.4. The van der Waals surface area contributed by atoms with Crippen molar-refractivity contribution in [1.82, 2.24) is 14.9 Å². The molecule has 1 aromatic carbocycles. The second-order valence-corrected chi connectivity index (χ2v) is 7.72.